The molecule has 1 amide bonds. The minimum absolute atomic E-state index is 0. The second-order valence-electron chi connectivity index (χ2n) is 8.10. The maximum atomic E-state index is 13.0. The fourth-order valence-electron chi connectivity index (χ4n) is 4.78. The fraction of sp³-hybridized carbons (Fsp3) is 0.667. The van der Waals surface area contributed by atoms with Crippen LogP contribution < -0.4 is 5.73 Å². The summed E-state index contributed by atoms with van der Waals surface area (Å²) >= 11 is 0. The van der Waals surface area contributed by atoms with Crippen LogP contribution in [0.1, 0.15) is 57.4 Å². The van der Waals surface area contributed by atoms with Crippen LogP contribution in [0.2, 0.25) is 0 Å². The van der Waals surface area contributed by atoms with Crippen molar-refractivity contribution in [3.63, 3.8) is 0 Å². The van der Waals surface area contributed by atoms with Gasteiger partial charge in [-0.2, -0.15) is 0 Å². The third kappa shape index (κ3) is 4.98. The maximum Gasteiger partial charge on any atom is 0.223 e. The average Bonchev–Trinajstić information content (AvgIpc) is 3.21. The Bertz CT molecular complexity index is 542. The number of likely N-dealkylation sites (tertiary alicyclic amines) is 1. The number of aryl methyl sites for hydroxylation is 1. The topological polar surface area (TPSA) is 46.3 Å². The quantitative estimate of drug-likeness (QED) is 0.822. The van der Waals surface area contributed by atoms with Crippen LogP contribution in [-0.4, -0.2) is 29.9 Å². The van der Waals surface area contributed by atoms with E-state index in [0.717, 1.165) is 32.2 Å². The monoisotopic (exact) mass is 364 g/mol. The van der Waals surface area contributed by atoms with Gasteiger partial charge in [-0.05, 0) is 62.5 Å². The number of hydrogen-bond acceptors (Lipinski definition) is 2. The zero-order valence-electron chi connectivity index (χ0n) is 15.5. The number of halogens is 1. The first-order chi connectivity index (χ1) is 11.6. The Morgan fingerprint density at radius 1 is 1.24 bits per heavy atom. The van der Waals surface area contributed by atoms with Crippen molar-refractivity contribution in [2.45, 2.75) is 64.3 Å². The van der Waals surface area contributed by atoms with Gasteiger partial charge in [0.1, 0.15) is 0 Å². The number of rotatable bonds is 6. The number of benzene rings is 1. The van der Waals surface area contributed by atoms with Crippen molar-refractivity contribution in [1.82, 2.24) is 4.90 Å². The van der Waals surface area contributed by atoms with Crippen molar-refractivity contribution in [2.24, 2.45) is 17.1 Å². The summed E-state index contributed by atoms with van der Waals surface area (Å²) in [4.78, 5) is 15.1. The molecule has 1 heterocycles. The maximum absolute atomic E-state index is 13.0. The van der Waals surface area contributed by atoms with Crippen LogP contribution in [0.5, 0.6) is 0 Å². The first kappa shape index (κ1) is 20.3. The van der Waals surface area contributed by atoms with Gasteiger partial charge in [-0.25, -0.2) is 0 Å². The van der Waals surface area contributed by atoms with Gasteiger partial charge in [-0.15, -0.1) is 12.4 Å². The highest BCUT2D eigenvalue weighted by Crippen LogP contribution is 2.45. The number of amides is 1. The standard InChI is InChI=1S/C21H32N2O.ClH/c1-17-13-19(15-22)16-23(17)20(24)14-21(10-5-6-11-21)12-9-18-7-3-2-4-8-18;/h2-4,7-8,17,19H,5-6,9-16,22H2,1H3;1H. The third-order valence-corrected chi connectivity index (χ3v) is 6.29. The average molecular weight is 365 g/mol. The van der Waals surface area contributed by atoms with E-state index in [1.54, 1.807) is 0 Å². The lowest BCUT2D eigenvalue weighted by Crippen LogP contribution is -2.38. The fourth-order valence-corrected chi connectivity index (χ4v) is 4.78. The van der Waals surface area contributed by atoms with Crippen molar-refractivity contribution in [1.29, 1.82) is 0 Å². The smallest absolute Gasteiger partial charge is 0.223 e. The molecule has 4 heteroatoms. The first-order valence-corrected chi connectivity index (χ1v) is 9.65. The molecule has 2 aliphatic rings. The SMILES string of the molecule is CC1CC(CN)CN1C(=O)CC1(CCc2ccccc2)CCCC1.Cl. The molecule has 140 valence electrons. The molecule has 1 saturated heterocycles. The molecule has 1 aromatic rings. The number of hydrogen-bond donors (Lipinski definition) is 1. The van der Waals surface area contributed by atoms with E-state index in [1.807, 2.05) is 0 Å². The van der Waals surface area contributed by atoms with E-state index >= 15 is 0 Å². The van der Waals surface area contributed by atoms with Crippen LogP contribution in [-0.2, 0) is 11.2 Å². The molecule has 0 radical (unpaired) electrons. The van der Waals surface area contributed by atoms with Gasteiger partial charge >= 0.3 is 0 Å². The summed E-state index contributed by atoms with van der Waals surface area (Å²) in [6.07, 6.45) is 9.04. The molecule has 3 nitrogen and oxygen atoms in total. The van der Waals surface area contributed by atoms with Crippen molar-refractivity contribution in [2.75, 3.05) is 13.1 Å². The number of nitrogens with two attached hydrogens (primary N) is 1. The number of carbonyl (C=O) groups is 1. The highest BCUT2D eigenvalue weighted by molar-refractivity contribution is 5.85. The van der Waals surface area contributed by atoms with E-state index in [1.165, 1.54) is 31.2 Å². The van der Waals surface area contributed by atoms with Crippen LogP contribution in [0, 0.1) is 11.3 Å². The minimum atomic E-state index is 0. The molecule has 3 rings (SSSR count). The Balaban J connectivity index is 0.00000225. The second kappa shape index (κ2) is 9.05. The predicted octanol–water partition coefficient (Wildman–Crippen LogP) is 4.19. The van der Waals surface area contributed by atoms with Crippen LogP contribution >= 0.6 is 12.4 Å². The van der Waals surface area contributed by atoms with Gasteiger partial charge in [0.15, 0.2) is 0 Å². The molecule has 2 fully saturated rings. The van der Waals surface area contributed by atoms with Crippen molar-refractivity contribution < 1.29 is 4.79 Å². The predicted molar refractivity (Wildman–Crippen MR) is 106 cm³/mol. The summed E-state index contributed by atoms with van der Waals surface area (Å²) in [5.74, 6) is 0.862. The largest absolute Gasteiger partial charge is 0.340 e. The summed E-state index contributed by atoms with van der Waals surface area (Å²) in [6.45, 7) is 3.75. The van der Waals surface area contributed by atoms with Crippen LogP contribution in [0.4, 0.5) is 0 Å². The molecule has 1 saturated carbocycles. The molecule has 2 atom stereocenters. The van der Waals surface area contributed by atoms with Crippen LogP contribution in [0.15, 0.2) is 30.3 Å². The summed E-state index contributed by atoms with van der Waals surface area (Å²) in [7, 11) is 0. The second-order valence-corrected chi connectivity index (χ2v) is 8.10. The highest BCUT2D eigenvalue weighted by atomic mass is 35.5. The zero-order valence-corrected chi connectivity index (χ0v) is 16.3. The lowest BCUT2D eigenvalue weighted by molar-refractivity contribution is -0.134. The van der Waals surface area contributed by atoms with Gasteiger partial charge in [0.2, 0.25) is 5.91 Å². The van der Waals surface area contributed by atoms with Gasteiger partial charge in [0, 0.05) is 19.0 Å². The molecule has 1 aromatic carbocycles. The Morgan fingerprint density at radius 3 is 2.52 bits per heavy atom. The minimum Gasteiger partial charge on any atom is -0.340 e. The first-order valence-electron chi connectivity index (χ1n) is 9.65. The summed E-state index contributed by atoms with van der Waals surface area (Å²) in [6, 6.07) is 11.1. The normalized spacial score (nSPS) is 25.0. The Labute approximate surface area is 158 Å². The van der Waals surface area contributed by atoms with E-state index in [0.29, 0.717) is 24.4 Å². The molecule has 0 spiro atoms. The lowest BCUT2D eigenvalue weighted by atomic mass is 9.77. The van der Waals surface area contributed by atoms with E-state index in [4.69, 9.17) is 5.73 Å². The van der Waals surface area contributed by atoms with E-state index in [2.05, 4.69) is 42.2 Å². The van der Waals surface area contributed by atoms with Crippen LogP contribution in [0.25, 0.3) is 0 Å². The molecule has 25 heavy (non-hydrogen) atoms. The number of carbonyl (C=O) groups excluding carboxylic acids is 1. The Hall–Kier alpha value is -1.06. The Morgan fingerprint density at radius 2 is 1.92 bits per heavy atom. The van der Waals surface area contributed by atoms with Crippen molar-refractivity contribution in [3.8, 4) is 0 Å². The zero-order chi connectivity index (χ0) is 17.0. The van der Waals surface area contributed by atoms with Crippen LogP contribution in [0.3, 0.4) is 0 Å². The molecule has 1 aliphatic carbocycles. The van der Waals surface area contributed by atoms with E-state index in [-0.39, 0.29) is 17.8 Å². The van der Waals surface area contributed by atoms with E-state index < -0.39 is 0 Å². The third-order valence-electron chi connectivity index (χ3n) is 6.29. The molecule has 0 aromatic heterocycles. The molecule has 2 unspecified atom stereocenters. The van der Waals surface area contributed by atoms with Gasteiger partial charge in [0.05, 0.1) is 0 Å². The summed E-state index contributed by atoms with van der Waals surface area (Å²) < 4.78 is 0. The molecular formula is C21H33ClN2O. The molecule has 0 bridgehead atoms. The van der Waals surface area contributed by atoms with Gasteiger partial charge in [-0.1, -0.05) is 43.2 Å². The lowest BCUT2D eigenvalue weighted by Gasteiger charge is -2.32. The van der Waals surface area contributed by atoms with E-state index in [9.17, 15) is 4.79 Å². The van der Waals surface area contributed by atoms with Gasteiger partial charge in [0.25, 0.3) is 0 Å². The summed E-state index contributed by atoms with van der Waals surface area (Å²) in [5.41, 5.74) is 7.45. The highest BCUT2D eigenvalue weighted by Gasteiger charge is 2.39. The van der Waals surface area contributed by atoms with Gasteiger partial charge in [-0.3, -0.25) is 4.79 Å². The summed E-state index contributed by atoms with van der Waals surface area (Å²) in [5, 5.41) is 0. The van der Waals surface area contributed by atoms with Crippen molar-refractivity contribution in [3.05, 3.63) is 35.9 Å². The number of nitrogens with zero attached hydrogens (tertiary/aromatic N) is 1. The molecular weight excluding hydrogens is 332 g/mol. The van der Waals surface area contributed by atoms with Gasteiger partial charge < -0.3 is 10.6 Å². The molecule has 2 N–H and O–H groups in total. The molecule has 1 aliphatic heterocycles. The Kier molecular flexibility index (Phi) is 7.33. The van der Waals surface area contributed by atoms with Crippen molar-refractivity contribution >= 4 is 18.3 Å².